The third-order valence-corrected chi connectivity index (χ3v) is 2.83. The van der Waals surface area contributed by atoms with Crippen LogP contribution in [0.4, 0.5) is 0 Å². The standard InChI is InChI=1S/C14H16O2/c1-3-11(9-15)8-13-10(2)16-14-7-5-4-6-12(13)14/h4-8,15H,3,9H2,1-2H3/b11-8-. The maximum absolute atomic E-state index is 9.19. The molecule has 2 nitrogen and oxygen atoms in total. The number of hydrogen-bond donors (Lipinski definition) is 1. The molecule has 0 saturated carbocycles. The second-order valence-corrected chi connectivity index (χ2v) is 3.88. The van der Waals surface area contributed by atoms with Crippen molar-refractivity contribution in [2.24, 2.45) is 0 Å². The zero-order chi connectivity index (χ0) is 11.5. The molecule has 1 aromatic carbocycles. The first kappa shape index (κ1) is 11.0. The zero-order valence-corrected chi connectivity index (χ0v) is 9.66. The van der Waals surface area contributed by atoms with Crippen LogP contribution in [0.2, 0.25) is 0 Å². The largest absolute Gasteiger partial charge is 0.461 e. The molecule has 0 atom stereocenters. The van der Waals surface area contributed by atoms with Gasteiger partial charge in [-0.05, 0) is 31.1 Å². The predicted molar refractivity (Wildman–Crippen MR) is 66.3 cm³/mol. The normalized spacial score (nSPS) is 12.3. The van der Waals surface area contributed by atoms with Gasteiger partial charge in [0.05, 0.1) is 6.61 Å². The van der Waals surface area contributed by atoms with Crippen molar-refractivity contribution in [3.05, 3.63) is 41.2 Å². The van der Waals surface area contributed by atoms with Crippen LogP contribution in [-0.2, 0) is 0 Å². The molecule has 0 saturated heterocycles. The van der Waals surface area contributed by atoms with Crippen LogP contribution in [0.15, 0.2) is 34.3 Å². The lowest BCUT2D eigenvalue weighted by Gasteiger charge is -1.99. The van der Waals surface area contributed by atoms with Crippen LogP contribution in [0.1, 0.15) is 24.7 Å². The molecule has 1 aromatic heterocycles. The molecule has 2 aromatic rings. The van der Waals surface area contributed by atoms with Gasteiger partial charge in [-0.1, -0.05) is 25.1 Å². The molecule has 0 bridgehead atoms. The molecule has 0 aliphatic heterocycles. The monoisotopic (exact) mass is 216 g/mol. The van der Waals surface area contributed by atoms with E-state index in [4.69, 9.17) is 4.42 Å². The predicted octanol–water partition coefficient (Wildman–Crippen LogP) is 3.53. The minimum atomic E-state index is 0.107. The summed E-state index contributed by atoms with van der Waals surface area (Å²) < 4.78 is 5.66. The Labute approximate surface area is 95.2 Å². The van der Waals surface area contributed by atoms with Crippen LogP contribution >= 0.6 is 0 Å². The second-order valence-electron chi connectivity index (χ2n) is 3.88. The SMILES string of the molecule is CC/C(=C/c1c(C)oc2ccccc12)CO. The van der Waals surface area contributed by atoms with Crippen molar-refractivity contribution in [2.45, 2.75) is 20.3 Å². The number of furan rings is 1. The van der Waals surface area contributed by atoms with E-state index in [9.17, 15) is 5.11 Å². The average molecular weight is 216 g/mol. The van der Waals surface area contributed by atoms with E-state index in [0.29, 0.717) is 0 Å². The summed E-state index contributed by atoms with van der Waals surface area (Å²) in [5, 5.41) is 10.3. The van der Waals surface area contributed by atoms with Crippen LogP contribution in [-0.4, -0.2) is 11.7 Å². The van der Waals surface area contributed by atoms with E-state index in [0.717, 1.165) is 34.3 Å². The van der Waals surface area contributed by atoms with Gasteiger partial charge in [0.2, 0.25) is 0 Å². The fraction of sp³-hybridized carbons (Fsp3) is 0.286. The Morgan fingerprint density at radius 2 is 2.12 bits per heavy atom. The van der Waals surface area contributed by atoms with Gasteiger partial charge in [-0.2, -0.15) is 0 Å². The molecular formula is C14H16O2. The second kappa shape index (κ2) is 4.54. The highest BCUT2D eigenvalue weighted by Crippen LogP contribution is 2.27. The van der Waals surface area contributed by atoms with Crippen LogP contribution < -0.4 is 0 Å². The Morgan fingerprint density at radius 3 is 2.81 bits per heavy atom. The topological polar surface area (TPSA) is 33.4 Å². The first-order chi connectivity index (χ1) is 7.76. The summed E-state index contributed by atoms with van der Waals surface area (Å²) in [7, 11) is 0. The third-order valence-electron chi connectivity index (χ3n) is 2.83. The van der Waals surface area contributed by atoms with Crippen molar-refractivity contribution in [3.8, 4) is 0 Å². The molecular weight excluding hydrogens is 200 g/mol. The van der Waals surface area contributed by atoms with Crippen molar-refractivity contribution < 1.29 is 9.52 Å². The lowest BCUT2D eigenvalue weighted by molar-refractivity contribution is 0.329. The van der Waals surface area contributed by atoms with Gasteiger partial charge in [-0.15, -0.1) is 0 Å². The van der Waals surface area contributed by atoms with Crippen LogP contribution in [0.3, 0.4) is 0 Å². The van der Waals surface area contributed by atoms with Gasteiger partial charge in [-0.3, -0.25) is 0 Å². The molecule has 0 amide bonds. The Morgan fingerprint density at radius 1 is 1.38 bits per heavy atom. The average Bonchev–Trinajstić information content (AvgIpc) is 2.62. The van der Waals surface area contributed by atoms with E-state index < -0.39 is 0 Å². The Hall–Kier alpha value is -1.54. The summed E-state index contributed by atoms with van der Waals surface area (Å²) in [6.45, 7) is 4.10. The summed E-state index contributed by atoms with van der Waals surface area (Å²) in [6, 6.07) is 7.97. The lowest BCUT2D eigenvalue weighted by atomic mass is 10.1. The maximum Gasteiger partial charge on any atom is 0.134 e. The maximum atomic E-state index is 9.19. The van der Waals surface area contributed by atoms with Gasteiger partial charge < -0.3 is 9.52 Å². The quantitative estimate of drug-likeness (QED) is 0.851. The van der Waals surface area contributed by atoms with Crippen LogP contribution in [0.5, 0.6) is 0 Å². The zero-order valence-electron chi connectivity index (χ0n) is 9.66. The van der Waals surface area contributed by atoms with E-state index in [1.807, 2.05) is 44.2 Å². The summed E-state index contributed by atoms with van der Waals surface area (Å²) in [4.78, 5) is 0. The molecule has 0 unspecified atom stereocenters. The van der Waals surface area contributed by atoms with E-state index in [-0.39, 0.29) is 6.61 Å². The smallest absolute Gasteiger partial charge is 0.134 e. The first-order valence-corrected chi connectivity index (χ1v) is 5.54. The van der Waals surface area contributed by atoms with E-state index >= 15 is 0 Å². The van der Waals surface area contributed by atoms with Gasteiger partial charge in [-0.25, -0.2) is 0 Å². The van der Waals surface area contributed by atoms with E-state index in [1.54, 1.807) is 0 Å². The summed E-state index contributed by atoms with van der Waals surface area (Å²) in [5.74, 6) is 0.903. The molecule has 16 heavy (non-hydrogen) atoms. The molecule has 0 spiro atoms. The van der Waals surface area contributed by atoms with Crippen LogP contribution in [0, 0.1) is 6.92 Å². The number of benzene rings is 1. The van der Waals surface area contributed by atoms with E-state index in [1.165, 1.54) is 0 Å². The van der Waals surface area contributed by atoms with Gasteiger partial charge in [0.1, 0.15) is 11.3 Å². The molecule has 1 heterocycles. The number of aliphatic hydroxyl groups is 1. The van der Waals surface area contributed by atoms with Crippen LogP contribution in [0.25, 0.3) is 17.0 Å². The minimum absolute atomic E-state index is 0.107. The molecule has 0 aliphatic rings. The first-order valence-electron chi connectivity index (χ1n) is 5.54. The fourth-order valence-electron chi connectivity index (χ4n) is 1.83. The molecule has 84 valence electrons. The van der Waals surface area contributed by atoms with Crippen molar-refractivity contribution in [2.75, 3.05) is 6.61 Å². The van der Waals surface area contributed by atoms with Gasteiger partial charge in [0, 0.05) is 10.9 Å². The molecule has 0 radical (unpaired) electrons. The molecule has 2 rings (SSSR count). The molecule has 0 aliphatic carbocycles. The van der Waals surface area contributed by atoms with Gasteiger partial charge in [0.25, 0.3) is 0 Å². The van der Waals surface area contributed by atoms with Crippen molar-refractivity contribution in [3.63, 3.8) is 0 Å². The third kappa shape index (κ3) is 1.89. The minimum Gasteiger partial charge on any atom is -0.461 e. The lowest BCUT2D eigenvalue weighted by Crippen LogP contribution is -1.88. The molecule has 2 heteroatoms. The van der Waals surface area contributed by atoms with Crippen molar-refractivity contribution >= 4 is 17.0 Å². The molecule has 0 fully saturated rings. The number of fused-ring (bicyclic) bond motifs is 1. The van der Waals surface area contributed by atoms with E-state index in [2.05, 4.69) is 0 Å². The summed E-state index contributed by atoms with van der Waals surface area (Å²) >= 11 is 0. The number of aryl methyl sites for hydroxylation is 1. The summed E-state index contributed by atoms with van der Waals surface area (Å²) in [5.41, 5.74) is 3.01. The Balaban J connectivity index is 2.59. The Bertz CT molecular complexity index is 515. The number of para-hydroxylation sites is 1. The highest BCUT2D eigenvalue weighted by Gasteiger charge is 2.08. The van der Waals surface area contributed by atoms with Crippen molar-refractivity contribution in [1.82, 2.24) is 0 Å². The van der Waals surface area contributed by atoms with Gasteiger partial charge in [0.15, 0.2) is 0 Å². The van der Waals surface area contributed by atoms with Gasteiger partial charge >= 0.3 is 0 Å². The molecule has 1 N–H and O–H groups in total. The number of aliphatic hydroxyl groups excluding tert-OH is 1. The highest BCUT2D eigenvalue weighted by atomic mass is 16.3. The number of hydrogen-bond acceptors (Lipinski definition) is 2. The number of rotatable bonds is 3. The Kier molecular flexibility index (Phi) is 3.11. The highest BCUT2D eigenvalue weighted by molar-refractivity contribution is 5.88. The summed E-state index contributed by atoms with van der Waals surface area (Å²) in [6.07, 6.45) is 2.89. The van der Waals surface area contributed by atoms with Crippen molar-refractivity contribution in [1.29, 1.82) is 0 Å². The fourth-order valence-corrected chi connectivity index (χ4v) is 1.83.